The number of sulfonamides is 1. The molecule has 0 aliphatic rings. The molecule has 0 heterocycles. The van der Waals surface area contributed by atoms with Crippen molar-refractivity contribution in [1.82, 2.24) is 0 Å². The van der Waals surface area contributed by atoms with E-state index < -0.39 is 10.0 Å². The van der Waals surface area contributed by atoms with Crippen molar-refractivity contribution >= 4 is 27.3 Å². The van der Waals surface area contributed by atoms with Gasteiger partial charge in [0, 0.05) is 18.7 Å². The Morgan fingerprint density at radius 1 is 1.00 bits per heavy atom. The Hall–Kier alpha value is -2.34. The molecule has 2 rings (SSSR count). The Bertz CT molecular complexity index is 874. The molecule has 1 amide bonds. The molecule has 5 nitrogen and oxygen atoms in total. The Labute approximate surface area is 156 Å². The SMILES string of the molecule is Cc1ccc(N(CCCC(=O)Nc2ccc(C)cc2C)S(C)(=O)=O)cc1. The van der Waals surface area contributed by atoms with E-state index in [1.807, 2.05) is 51.1 Å². The van der Waals surface area contributed by atoms with Gasteiger partial charge in [0.25, 0.3) is 0 Å². The third kappa shape index (κ3) is 5.59. The Kier molecular flexibility index (Phi) is 6.42. The molecule has 0 aromatic heterocycles. The molecule has 6 heteroatoms. The standard InChI is InChI=1S/C20H26N2O3S/c1-15-7-10-18(11-8-15)22(26(4,24)25)13-5-6-20(23)21-19-12-9-16(2)14-17(19)3/h7-12,14H,5-6,13H2,1-4H3,(H,21,23). The summed E-state index contributed by atoms with van der Waals surface area (Å²) in [5.74, 6) is -0.116. The molecule has 26 heavy (non-hydrogen) atoms. The number of nitrogens with zero attached hydrogens (tertiary/aromatic N) is 1. The number of amides is 1. The van der Waals surface area contributed by atoms with E-state index in [1.54, 1.807) is 12.1 Å². The largest absolute Gasteiger partial charge is 0.326 e. The number of aryl methyl sites for hydroxylation is 3. The normalized spacial score (nSPS) is 11.2. The predicted octanol–water partition coefficient (Wildman–Crippen LogP) is 3.80. The number of hydrogen-bond donors (Lipinski definition) is 1. The number of carbonyl (C=O) groups excluding carboxylic acids is 1. The fourth-order valence-corrected chi connectivity index (χ4v) is 3.71. The van der Waals surface area contributed by atoms with Crippen molar-refractivity contribution in [2.45, 2.75) is 33.6 Å². The molecule has 0 fully saturated rings. The molecule has 0 spiro atoms. The molecule has 0 bridgehead atoms. The van der Waals surface area contributed by atoms with E-state index >= 15 is 0 Å². The summed E-state index contributed by atoms with van der Waals surface area (Å²) in [6.07, 6.45) is 1.88. The highest BCUT2D eigenvalue weighted by atomic mass is 32.2. The van der Waals surface area contributed by atoms with Gasteiger partial charge in [0.2, 0.25) is 15.9 Å². The second kappa shape index (κ2) is 8.36. The minimum absolute atomic E-state index is 0.116. The third-order valence-electron chi connectivity index (χ3n) is 4.14. The maximum absolute atomic E-state index is 12.2. The lowest BCUT2D eigenvalue weighted by atomic mass is 10.1. The van der Waals surface area contributed by atoms with Crippen molar-refractivity contribution in [3.63, 3.8) is 0 Å². The van der Waals surface area contributed by atoms with Crippen LogP contribution in [0, 0.1) is 20.8 Å². The van der Waals surface area contributed by atoms with Crippen molar-refractivity contribution in [2.24, 2.45) is 0 Å². The molecule has 2 aromatic rings. The first-order valence-corrected chi connectivity index (χ1v) is 10.4. The molecule has 1 N–H and O–H groups in total. The van der Waals surface area contributed by atoms with Crippen LogP contribution in [0.1, 0.15) is 29.5 Å². The molecule has 0 radical (unpaired) electrons. The lowest BCUT2D eigenvalue weighted by Gasteiger charge is -2.22. The zero-order valence-electron chi connectivity index (χ0n) is 15.7. The highest BCUT2D eigenvalue weighted by Gasteiger charge is 2.17. The monoisotopic (exact) mass is 374 g/mol. The predicted molar refractivity (Wildman–Crippen MR) is 107 cm³/mol. The molecule has 2 aromatic carbocycles. The quantitative estimate of drug-likeness (QED) is 0.802. The van der Waals surface area contributed by atoms with Gasteiger partial charge >= 0.3 is 0 Å². The van der Waals surface area contributed by atoms with Gasteiger partial charge in [-0.05, 0) is 51.0 Å². The van der Waals surface area contributed by atoms with Gasteiger partial charge in [-0.15, -0.1) is 0 Å². The molecular formula is C20H26N2O3S. The van der Waals surface area contributed by atoms with Gasteiger partial charge < -0.3 is 5.32 Å². The molecule has 0 aliphatic heterocycles. The van der Waals surface area contributed by atoms with Crippen LogP contribution in [-0.4, -0.2) is 27.1 Å². The van der Waals surface area contributed by atoms with Crippen LogP contribution in [0.25, 0.3) is 0 Å². The van der Waals surface area contributed by atoms with Gasteiger partial charge in [-0.3, -0.25) is 9.10 Å². The molecule has 0 atom stereocenters. The average Bonchev–Trinajstić information content (AvgIpc) is 2.54. The summed E-state index contributed by atoms with van der Waals surface area (Å²) in [7, 11) is -3.40. The lowest BCUT2D eigenvalue weighted by Crippen LogP contribution is -2.31. The summed E-state index contributed by atoms with van der Waals surface area (Å²) in [6.45, 7) is 6.17. The molecule has 0 unspecified atom stereocenters. The van der Waals surface area contributed by atoms with Gasteiger partial charge in [0.05, 0.1) is 11.9 Å². The van der Waals surface area contributed by atoms with Crippen molar-refractivity contribution in [3.05, 3.63) is 59.2 Å². The fourth-order valence-electron chi connectivity index (χ4n) is 2.75. The maximum Gasteiger partial charge on any atom is 0.232 e. The van der Waals surface area contributed by atoms with Crippen LogP contribution < -0.4 is 9.62 Å². The Morgan fingerprint density at radius 3 is 2.19 bits per heavy atom. The molecular weight excluding hydrogens is 348 g/mol. The molecule has 140 valence electrons. The number of benzene rings is 2. The summed E-state index contributed by atoms with van der Waals surface area (Å²) in [6, 6.07) is 13.2. The average molecular weight is 375 g/mol. The van der Waals surface area contributed by atoms with E-state index in [-0.39, 0.29) is 18.9 Å². The Morgan fingerprint density at radius 2 is 1.62 bits per heavy atom. The number of anilines is 2. The number of rotatable bonds is 7. The molecule has 0 saturated carbocycles. The summed E-state index contributed by atoms with van der Waals surface area (Å²) in [5, 5.41) is 2.89. The first-order valence-electron chi connectivity index (χ1n) is 8.58. The lowest BCUT2D eigenvalue weighted by molar-refractivity contribution is -0.116. The Balaban J connectivity index is 1.96. The van der Waals surface area contributed by atoms with Crippen LogP contribution in [0.3, 0.4) is 0 Å². The number of hydrogen-bond acceptors (Lipinski definition) is 3. The summed E-state index contributed by atoms with van der Waals surface area (Å²) < 4.78 is 25.5. The second-order valence-corrected chi connectivity index (χ2v) is 8.55. The van der Waals surface area contributed by atoms with E-state index in [0.717, 1.165) is 22.4 Å². The minimum atomic E-state index is -3.40. The van der Waals surface area contributed by atoms with E-state index in [0.29, 0.717) is 12.1 Å². The van der Waals surface area contributed by atoms with Crippen LogP contribution in [0.2, 0.25) is 0 Å². The molecule has 0 saturated heterocycles. The van der Waals surface area contributed by atoms with Gasteiger partial charge in [-0.2, -0.15) is 0 Å². The van der Waals surface area contributed by atoms with E-state index in [1.165, 1.54) is 10.6 Å². The van der Waals surface area contributed by atoms with Crippen LogP contribution in [0.5, 0.6) is 0 Å². The summed E-state index contributed by atoms with van der Waals surface area (Å²) >= 11 is 0. The van der Waals surface area contributed by atoms with Crippen molar-refractivity contribution in [1.29, 1.82) is 0 Å². The van der Waals surface area contributed by atoms with Crippen LogP contribution in [0.4, 0.5) is 11.4 Å². The summed E-state index contributed by atoms with van der Waals surface area (Å²) in [5.41, 5.74) is 4.63. The smallest absolute Gasteiger partial charge is 0.232 e. The van der Waals surface area contributed by atoms with Crippen molar-refractivity contribution in [2.75, 3.05) is 22.4 Å². The molecule has 0 aliphatic carbocycles. The van der Waals surface area contributed by atoms with Crippen molar-refractivity contribution in [3.8, 4) is 0 Å². The highest BCUT2D eigenvalue weighted by molar-refractivity contribution is 7.92. The van der Waals surface area contributed by atoms with Gasteiger partial charge in [0.15, 0.2) is 0 Å². The van der Waals surface area contributed by atoms with Gasteiger partial charge in [-0.1, -0.05) is 35.4 Å². The van der Waals surface area contributed by atoms with Crippen LogP contribution in [-0.2, 0) is 14.8 Å². The maximum atomic E-state index is 12.2. The number of carbonyl (C=O) groups is 1. The van der Waals surface area contributed by atoms with Crippen LogP contribution >= 0.6 is 0 Å². The van der Waals surface area contributed by atoms with E-state index in [9.17, 15) is 13.2 Å². The minimum Gasteiger partial charge on any atom is -0.326 e. The first kappa shape index (κ1) is 20.0. The zero-order chi connectivity index (χ0) is 19.3. The number of nitrogens with one attached hydrogen (secondary N) is 1. The third-order valence-corrected chi connectivity index (χ3v) is 5.34. The zero-order valence-corrected chi connectivity index (χ0v) is 16.6. The fraction of sp³-hybridized carbons (Fsp3) is 0.350. The van der Waals surface area contributed by atoms with Crippen molar-refractivity contribution < 1.29 is 13.2 Å². The van der Waals surface area contributed by atoms with E-state index in [4.69, 9.17) is 0 Å². The first-order chi connectivity index (χ1) is 12.2. The van der Waals surface area contributed by atoms with Gasteiger partial charge in [0.1, 0.15) is 0 Å². The second-order valence-electron chi connectivity index (χ2n) is 6.64. The van der Waals surface area contributed by atoms with E-state index in [2.05, 4.69) is 5.32 Å². The van der Waals surface area contributed by atoms with Crippen LogP contribution in [0.15, 0.2) is 42.5 Å². The summed E-state index contributed by atoms with van der Waals surface area (Å²) in [4.78, 5) is 12.2. The van der Waals surface area contributed by atoms with Gasteiger partial charge in [-0.25, -0.2) is 8.42 Å². The topological polar surface area (TPSA) is 66.5 Å². The highest BCUT2D eigenvalue weighted by Crippen LogP contribution is 2.20.